The average molecular weight is 291 g/mol. The van der Waals surface area contributed by atoms with E-state index in [1.165, 1.54) is 0 Å². The number of nitrogens with zero attached hydrogens (tertiary/aromatic N) is 1. The Kier molecular flexibility index (Phi) is 4.57. The Morgan fingerprint density at radius 3 is 2.40 bits per heavy atom. The zero-order chi connectivity index (χ0) is 14.4. The van der Waals surface area contributed by atoms with E-state index in [2.05, 4.69) is 15.0 Å². The van der Waals surface area contributed by atoms with E-state index >= 15 is 0 Å². The molecule has 0 aliphatic carbocycles. The Bertz CT molecular complexity index is 640. The number of pyridine rings is 1. The maximum Gasteiger partial charge on any atom is 0.233 e. The molecule has 0 atom stereocenters. The van der Waals surface area contributed by atoms with E-state index in [0.29, 0.717) is 12.2 Å². The van der Waals surface area contributed by atoms with Crippen LogP contribution in [0, 0.1) is 0 Å². The van der Waals surface area contributed by atoms with Gasteiger partial charge in [-0.05, 0) is 30.7 Å². The zero-order valence-electron chi connectivity index (χ0n) is 11.2. The number of hydrogen-bond donors (Lipinski definition) is 2. The number of sulfonamides is 1. The van der Waals surface area contributed by atoms with Crippen LogP contribution in [-0.4, -0.2) is 19.2 Å². The Morgan fingerprint density at radius 2 is 1.80 bits per heavy atom. The maximum absolute atomic E-state index is 11.6. The molecule has 1 heterocycles. The number of anilines is 3. The van der Waals surface area contributed by atoms with Gasteiger partial charge in [0.2, 0.25) is 10.0 Å². The summed E-state index contributed by atoms with van der Waals surface area (Å²) in [6, 6.07) is 13.1. The minimum Gasteiger partial charge on any atom is -0.354 e. The first-order valence-corrected chi connectivity index (χ1v) is 8.03. The first kappa shape index (κ1) is 14.3. The van der Waals surface area contributed by atoms with Crippen LogP contribution in [-0.2, 0) is 10.0 Å². The summed E-state index contributed by atoms with van der Waals surface area (Å²) in [5, 5.41) is 3.18. The zero-order valence-corrected chi connectivity index (χ0v) is 12.0. The molecule has 20 heavy (non-hydrogen) atoms. The predicted octanol–water partition coefficient (Wildman–Crippen LogP) is 2.98. The lowest BCUT2D eigenvalue weighted by atomic mass is 10.3. The molecule has 106 valence electrons. The number of nitrogens with one attached hydrogen (secondary N) is 2. The van der Waals surface area contributed by atoms with E-state index in [4.69, 9.17) is 0 Å². The van der Waals surface area contributed by atoms with Crippen molar-refractivity contribution in [3.63, 3.8) is 0 Å². The molecule has 2 aromatic rings. The molecule has 1 aromatic carbocycles. The molecule has 0 saturated heterocycles. The highest BCUT2D eigenvalue weighted by Crippen LogP contribution is 2.16. The van der Waals surface area contributed by atoms with E-state index < -0.39 is 10.0 Å². The molecule has 0 saturated carbocycles. The van der Waals surface area contributed by atoms with Gasteiger partial charge in [0.15, 0.2) is 0 Å². The van der Waals surface area contributed by atoms with Crippen molar-refractivity contribution in [2.24, 2.45) is 0 Å². The van der Waals surface area contributed by atoms with Crippen LogP contribution in [0.4, 0.5) is 17.2 Å². The minimum absolute atomic E-state index is 0.0959. The van der Waals surface area contributed by atoms with Gasteiger partial charge in [-0.2, -0.15) is 0 Å². The van der Waals surface area contributed by atoms with E-state index in [-0.39, 0.29) is 5.75 Å². The quantitative estimate of drug-likeness (QED) is 0.858. The topological polar surface area (TPSA) is 71.1 Å². The second-order valence-electron chi connectivity index (χ2n) is 4.34. The number of aromatic nitrogens is 1. The summed E-state index contributed by atoms with van der Waals surface area (Å²) in [7, 11) is -3.29. The van der Waals surface area contributed by atoms with Crippen LogP contribution in [0.15, 0.2) is 48.7 Å². The lowest BCUT2D eigenvalue weighted by Gasteiger charge is -2.08. The summed E-state index contributed by atoms with van der Waals surface area (Å²) >= 11 is 0. The number of rotatable bonds is 6. The first-order chi connectivity index (χ1) is 9.59. The molecule has 1 aromatic heterocycles. The summed E-state index contributed by atoms with van der Waals surface area (Å²) in [6.07, 6.45) is 2.17. The van der Waals surface area contributed by atoms with Gasteiger partial charge >= 0.3 is 0 Å². The van der Waals surface area contributed by atoms with Crippen molar-refractivity contribution in [2.45, 2.75) is 13.3 Å². The van der Waals surface area contributed by atoms with Crippen molar-refractivity contribution in [2.75, 3.05) is 15.8 Å². The smallest absolute Gasteiger partial charge is 0.233 e. The van der Waals surface area contributed by atoms with Crippen LogP contribution >= 0.6 is 0 Å². The largest absolute Gasteiger partial charge is 0.354 e. The van der Waals surface area contributed by atoms with Crippen LogP contribution in [0.25, 0.3) is 0 Å². The summed E-state index contributed by atoms with van der Waals surface area (Å²) in [4.78, 5) is 4.09. The first-order valence-electron chi connectivity index (χ1n) is 6.38. The highest BCUT2D eigenvalue weighted by atomic mass is 32.2. The van der Waals surface area contributed by atoms with Crippen molar-refractivity contribution in [1.82, 2.24) is 4.98 Å². The van der Waals surface area contributed by atoms with Crippen molar-refractivity contribution in [1.29, 1.82) is 0 Å². The van der Waals surface area contributed by atoms with Gasteiger partial charge in [0.25, 0.3) is 0 Å². The molecule has 0 aliphatic rings. The molecule has 0 spiro atoms. The Morgan fingerprint density at radius 1 is 1.05 bits per heavy atom. The maximum atomic E-state index is 11.6. The van der Waals surface area contributed by atoms with Crippen molar-refractivity contribution in [3.8, 4) is 0 Å². The molecular weight excluding hydrogens is 274 g/mol. The highest BCUT2D eigenvalue weighted by molar-refractivity contribution is 7.92. The van der Waals surface area contributed by atoms with Gasteiger partial charge in [-0.25, -0.2) is 13.4 Å². The van der Waals surface area contributed by atoms with E-state index in [9.17, 15) is 8.42 Å². The van der Waals surface area contributed by atoms with Crippen LogP contribution < -0.4 is 10.0 Å². The normalized spacial score (nSPS) is 11.1. The van der Waals surface area contributed by atoms with Gasteiger partial charge in [0.1, 0.15) is 5.82 Å². The van der Waals surface area contributed by atoms with Crippen molar-refractivity contribution < 1.29 is 8.42 Å². The van der Waals surface area contributed by atoms with Gasteiger partial charge < -0.3 is 5.32 Å². The van der Waals surface area contributed by atoms with Gasteiger partial charge in [0.05, 0.1) is 17.6 Å². The molecule has 0 unspecified atom stereocenters. The number of hydrogen-bond acceptors (Lipinski definition) is 4. The number of para-hydroxylation sites is 1. The lowest BCUT2D eigenvalue weighted by molar-refractivity contribution is 0.599. The predicted molar refractivity (Wildman–Crippen MR) is 81.7 cm³/mol. The molecule has 0 amide bonds. The molecule has 5 nitrogen and oxygen atoms in total. The van der Waals surface area contributed by atoms with Crippen molar-refractivity contribution >= 4 is 27.2 Å². The van der Waals surface area contributed by atoms with Gasteiger partial charge in [-0.3, -0.25) is 4.72 Å². The summed E-state index contributed by atoms with van der Waals surface area (Å²) in [6.45, 7) is 1.82. The molecule has 6 heteroatoms. The molecule has 0 aliphatic heterocycles. The average Bonchev–Trinajstić information content (AvgIpc) is 2.42. The Hall–Kier alpha value is -2.08. The Balaban J connectivity index is 2.03. The fourth-order valence-electron chi connectivity index (χ4n) is 1.70. The Labute approximate surface area is 119 Å². The van der Waals surface area contributed by atoms with Gasteiger partial charge in [-0.1, -0.05) is 25.1 Å². The van der Waals surface area contributed by atoms with E-state index in [0.717, 1.165) is 11.4 Å². The second-order valence-corrected chi connectivity index (χ2v) is 6.19. The van der Waals surface area contributed by atoms with Crippen LogP contribution in [0.1, 0.15) is 13.3 Å². The fourth-order valence-corrected chi connectivity index (χ4v) is 2.77. The van der Waals surface area contributed by atoms with E-state index in [1.807, 2.05) is 37.3 Å². The van der Waals surface area contributed by atoms with Crippen molar-refractivity contribution in [3.05, 3.63) is 48.7 Å². The third-order valence-corrected chi connectivity index (χ3v) is 4.02. The monoisotopic (exact) mass is 291 g/mol. The second kappa shape index (κ2) is 6.38. The van der Waals surface area contributed by atoms with Gasteiger partial charge in [-0.15, -0.1) is 0 Å². The van der Waals surface area contributed by atoms with Crippen LogP contribution in [0.2, 0.25) is 0 Å². The molecule has 0 fully saturated rings. The SMILES string of the molecule is CCCS(=O)(=O)Nc1ccc(Nc2ccccc2)cn1. The minimum atomic E-state index is -3.29. The molecule has 2 N–H and O–H groups in total. The highest BCUT2D eigenvalue weighted by Gasteiger charge is 2.09. The lowest BCUT2D eigenvalue weighted by Crippen LogP contribution is -2.16. The standard InChI is InChI=1S/C14H17N3O2S/c1-2-10-20(18,19)17-14-9-8-13(11-15-14)16-12-6-4-3-5-7-12/h3-9,11,16H,2,10H2,1H3,(H,15,17). The van der Waals surface area contributed by atoms with Gasteiger partial charge in [0, 0.05) is 5.69 Å². The number of benzene rings is 1. The summed E-state index contributed by atoms with van der Waals surface area (Å²) in [5.41, 5.74) is 1.75. The van der Waals surface area contributed by atoms with Crippen LogP contribution in [0.3, 0.4) is 0 Å². The third kappa shape index (κ3) is 4.24. The molecule has 0 radical (unpaired) electrons. The summed E-state index contributed by atoms with van der Waals surface area (Å²) < 4.78 is 25.7. The van der Waals surface area contributed by atoms with E-state index in [1.54, 1.807) is 18.3 Å². The fraction of sp³-hybridized carbons (Fsp3) is 0.214. The molecule has 0 bridgehead atoms. The molecular formula is C14H17N3O2S. The van der Waals surface area contributed by atoms with Crippen LogP contribution in [0.5, 0.6) is 0 Å². The summed E-state index contributed by atoms with van der Waals surface area (Å²) in [5.74, 6) is 0.427. The third-order valence-electron chi connectivity index (χ3n) is 2.56. The molecule has 2 rings (SSSR count).